The summed E-state index contributed by atoms with van der Waals surface area (Å²) in [6.45, 7) is 0.198. The summed E-state index contributed by atoms with van der Waals surface area (Å²) in [6.07, 6.45) is 4.09. The molecule has 0 aliphatic rings. The Labute approximate surface area is 90.5 Å². The van der Waals surface area contributed by atoms with Gasteiger partial charge in [0.1, 0.15) is 5.52 Å². The van der Waals surface area contributed by atoms with Crippen molar-refractivity contribution in [3.63, 3.8) is 0 Å². The SMILES string of the molecule is O=c1c2ccnn2ccn1CC(O)CCl. The number of rotatable bonds is 3. The van der Waals surface area contributed by atoms with E-state index >= 15 is 0 Å². The van der Waals surface area contributed by atoms with Crippen LogP contribution in [-0.2, 0) is 6.54 Å². The summed E-state index contributed by atoms with van der Waals surface area (Å²) in [5, 5.41) is 13.3. The molecule has 0 saturated carbocycles. The molecule has 0 aromatic carbocycles. The molecule has 2 rings (SSSR count). The number of hydrogen-bond acceptors (Lipinski definition) is 3. The Morgan fingerprint density at radius 2 is 2.33 bits per heavy atom. The van der Waals surface area contributed by atoms with Crippen molar-refractivity contribution in [2.24, 2.45) is 0 Å². The van der Waals surface area contributed by atoms with E-state index in [1.165, 1.54) is 9.08 Å². The predicted molar refractivity (Wildman–Crippen MR) is 56.2 cm³/mol. The van der Waals surface area contributed by atoms with Gasteiger partial charge >= 0.3 is 0 Å². The van der Waals surface area contributed by atoms with Gasteiger partial charge in [-0.25, -0.2) is 4.52 Å². The fourth-order valence-corrected chi connectivity index (χ4v) is 1.48. The zero-order valence-corrected chi connectivity index (χ0v) is 8.63. The highest BCUT2D eigenvalue weighted by atomic mass is 35.5. The maximum Gasteiger partial charge on any atom is 0.276 e. The van der Waals surface area contributed by atoms with E-state index in [0.717, 1.165) is 0 Å². The van der Waals surface area contributed by atoms with Crippen LogP contribution in [0.2, 0.25) is 0 Å². The van der Waals surface area contributed by atoms with Crippen molar-refractivity contribution in [1.29, 1.82) is 0 Å². The van der Waals surface area contributed by atoms with Gasteiger partial charge in [0.2, 0.25) is 0 Å². The van der Waals surface area contributed by atoms with Gasteiger partial charge in [0.05, 0.1) is 24.7 Å². The molecule has 0 radical (unpaired) electrons. The molecule has 2 heterocycles. The fraction of sp³-hybridized carbons (Fsp3) is 0.333. The minimum Gasteiger partial charge on any atom is -0.390 e. The smallest absolute Gasteiger partial charge is 0.276 e. The van der Waals surface area contributed by atoms with Crippen molar-refractivity contribution in [3.8, 4) is 0 Å². The third-order valence-corrected chi connectivity index (χ3v) is 2.48. The zero-order chi connectivity index (χ0) is 10.8. The average molecular weight is 228 g/mol. The number of hydrogen-bond donors (Lipinski definition) is 1. The number of aromatic nitrogens is 3. The Bertz CT molecular complexity index is 519. The van der Waals surface area contributed by atoms with E-state index in [1.54, 1.807) is 24.7 Å². The molecular weight excluding hydrogens is 218 g/mol. The highest BCUT2D eigenvalue weighted by Crippen LogP contribution is 1.97. The van der Waals surface area contributed by atoms with E-state index in [-0.39, 0.29) is 18.0 Å². The van der Waals surface area contributed by atoms with Crippen LogP contribution in [0.1, 0.15) is 0 Å². The Morgan fingerprint density at radius 1 is 1.53 bits per heavy atom. The monoisotopic (exact) mass is 227 g/mol. The Hall–Kier alpha value is -1.33. The molecule has 0 aliphatic heterocycles. The second kappa shape index (κ2) is 4.04. The lowest BCUT2D eigenvalue weighted by Crippen LogP contribution is -2.28. The van der Waals surface area contributed by atoms with Crippen molar-refractivity contribution in [2.75, 3.05) is 5.88 Å². The molecule has 0 spiro atoms. The van der Waals surface area contributed by atoms with Crippen LogP contribution in [0, 0.1) is 0 Å². The molecule has 80 valence electrons. The second-order valence-electron chi connectivity index (χ2n) is 3.22. The van der Waals surface area contributed by atoms with Crippen LogP contribution in [0.5, 0.6) is 0 Å². The first kappa shape index (κ1) is 10.2. The molecular formula is C9H10ClN3O2. The van der Waals surface area contributed by atoms with Crippen molar-refractivity contribution in [3.05, 3.63) is 35.0 Å². The van der Waals surface area contributed by atoms with Gasteiger partial charge in [-0.3, -0.25) is 4.79 Å². The number of alkyl halides is 1. The van der Waals surface area contributed by atoms with Gasteiger partial charge in [0.25, 0.3) is 5.56 Å². The summed E-state index contributed by atoms with van der Waals surface area (Å²) in [6, 6.07) is 1.63. The number of nitrogens with zero attached hydrogens (tertiary/aromatic N) is 3. The van der Waals surface area contributed by atoms with Crippen LogP contribution in [0.25, 0.3) is 5.52 Å². The van der Waals surface area contributed by atoms with Crippen LogP contribution in [-0.4, -0.2) is 31.3 Å². The first-order valence-electron chi connectivity index (χ1n) is 4.49. The average Bonchev–Trinajstić information content (AvgIpc) is 2.70. The molecule has 6 heteroatoms. The number of aliphatic hydroxyl groups excluding tert-OH is 1. The topological polar surface area (TPSA) is 59.5 Å². The molecule has 1 N–H and O–H groups in total. The van der Waals surface area contributed by atoms with Gasteiger partial charge in [-0.1, -0.05) is 0 Å². The van der Waals surface area contributed by atoms with Gasteiger partial charge in [0, 0.05) is 12.4 Å². The highest BCUT2D eigenvalue weighted by Gasteiger charge is 2.07. The molecule has 0 bridgehead atoms. The molecule has 1 unspecified atom stereocenters. The lowest BCUT2D eigenvalue weighted by Gasteiger charge is -2.09. The minimum atomic E-state index is -0.713. The van der Waals surface area contributed by atoms with Gasteiger partial charge in [0.15, 0.2) is 0 Å². The maximum atomic E-state index is 11.8. The summed E-state index contributed by atoms with van der Waals surface area (Å²) < 4.78 is 2.91. The van der Waals surface area contributed by atoms with E-state index in [9.17, 15) is 9.90 Å². The first-order chi connectivity index (χ1) is 7.22. The lowest BCUT2D eigenvalue weighted by atomic mass is 10.4. The summed E-state index contributed by atoms with van der Waals surface area (Å²) >= 11 is 5.47. The largest absolute Gasteiger partial charge is 0.390 e. The quantitative estimate of drug-likeness (QED) is 0.757. The maximum absolute atomic E-state index is 11.8. The highest BCUT2D eigenvalue weighted by molar-refractivity contribution is 6.18. The third-order valence-electron chi connectivity index (χ3n) is 2.12. The molecule has 0 aliphatic carbocycles. The standard InChI is InChI=1S/C9H10ClN3O2/c10-5-7(14)6-12-3-4-13-8(9(12)15)1-2-11-13/h1-4,7,14H,5-6H2. The summed E-state index contributed by atoms with van der Waals surface area (Å²) in [4.78, 5) is 11.8. The molecule has 0 amide bonds. The van der Waals surface area contributed by atoms with Gasteiger partial charge < -0.3 is 9.67 Å². The van der Waals surface area contributed by atoms with Crippen LogP contribution in [0.15, 0.2) is 29.5 Å². The van der Waals surface area contributed by atoms with Gasteiger partial charge in [-0.15, -0.1) is 11.6 Å². The predicted octanol–water partition coefficient (Wildman–Crippen LogP) is 0.0957. The van der Waals surface area contributed by atoms with Crippen molar-refractivity contribution in [1.82, 2.24) is 14.2 Å². The van der Waals surface area contributed by atoms with Crippen LogP contribution in [0.3, 0.4) is 0 Å². The first-order valence-corrected chi connectivity index (χ1v) is 5.02. The van der Waals surface area contributed by atoms with E-state index in [1.807, 2.05) is 0 Å². The third kappa shape index (κ3) is 1.88. The van der Waals surface area contributed by atoms with Gasteiger partial charge in [-0.2, -0.15) is 5.10 Å². The molecule has 0 fully saturated rings. The summed E-state index contributed by atoms with van der Waals surface area (Å²) in [5.41, 5.74) is 0.304. The molecule has 15 heavy (non-hydrogen) atoms. The minimum absolute atomic E-state index is 0.108. The van der Waals surface area contributed by atoms with Crippen molar-refractivity contribution >= 4 is 17.1 Å². The normalized spacial score (nSPS) is 13.2. The lowest BCUT2D eigenvalue weighted by molar-refractivity contribution is 0.175. The second-order valence-corrected chi connectivity index (χ2v) is 3.53. The van der Waals surface area contributed by atoms with Crippen molar-refractivity contribution in [2.45, 2.75) is 12.6 Å². The van der Waals surface area contributed by atoms with E-state index in [4.69, 9.17) is 11.6 Å². The number of fused-ring (bicyclic) bond motifs is 1. The molecule has 2 aromatic heterocycles. The van der Waals surface area contributed by atoms with E-state index < -0.39 is 6.10 Å². The van der Waals surface area contributed by atoms with E-state index in [2.05, 4.69) is 5.10 Å². The number of halogens is 1. The molecule has 2 aromatic rings. The molecule has 5 nitrogen and oxygen atoms in total. The Kier molecular flexibility index (Phi) is 2.75. The van der Waals surface area contributed by atoms with Crippen LogP contribution < -0.4 is 5.56 Å². The Morgan fingerprint density at radius 3 is 3.07 bits per heavy atom. The summed E-state index contributed by atoms with van der Waals surface area (Å²) in [7, 11) is 0. The summed E-state index contributed by atoms with van der Waals surface area (Å²) in [5.74, 6) is 0.108. The molecule has 1 atom stereocenters. The van der Waals surface area contributed by atoms with Crippen molar-refractivity contribution < 1.29 is 5.11 Å². The molecule has 0 saturated heterocycles. The van der Waals surface area contributed by atoms with Gasteiger partial charge in [-0.05, 0) is 6.07 Å². The van der Waals surface area contributed by atoms with Crippen LogP contribution >= 0.6 is 11.6 Å². The fourth-order valence-electron chi connectivity index (χ4n) is 1.38. The zero-order valence-electron chi connectivity index (χ0n) is 7.88. The Balaban J connectivity index is 2.44. The number of aliphatic hydroxyl groups is 1. The van der Waals surface area contributed by atoms with E-state index in [0.29, 0.717) is 5.52 Å². The van der Waals surface area contributed by atoms with Crippen LogP contribution in [0.4, 0.5) is 0 Å².